The van der Waals surface area contributed by atoms with Crippen molar-refractivity contribution in [3.05, 3.63) is 60.3 Å². The fraction of sp³-hybridized carbons (Fsp3) is 0.480. The Kier molecular flexibility index (Phi) is 5.83. The lowest BCUT2D eigenvalue weighted by molar-refractivity contribution is -0.148. The first-order valence-electron chi connectivity index (χ1n) is 11.5. The van der Waals surface area contributed by atoms with Crippen LogP contribution in [0.2, 0.25) is 0 Å². The van der Waals surface area contributed by atoms with E-state index in [2.05, 4.69) is 9.88 Å². The third-order valence-corrected chi connectivity index (χ3v) is 7.19. The molecule has 7 nitrogen and oxygen atoms in total. The zero-order valence-electron chi connectivity index (χ0n) is 18.4. The van der Waals surface area contributed by atoms with E-state index in [1.165, 1.54) is 0 Å². The minimum atomic E-state index is -0.499. The van der Waals surface area contributed by atoms with E-state index in [-0.39, 0.29) is 17.7 Å². The van der Waals surface area contributed by atoms with Gasteiger partial charge >= 0.3 is 0 Å². The minimum absolute atomic E-state index is 0.0523. The molecule has 3 aliphatic rings. The van der Waals surface area contributed by atoms with E-state index >= 15 is 0 Å². The Hall–Kier alpha value is -2.93. The summed E-state index contributed by atoms with van der Waals surface area (Å²) in [6, 6.07) is 15.4. The monoisotopic (exact) mass is 434 g/mol. The van der Waals surface area contributed by atoms with Gasteiger partial charge in [0.1, 0.15) is 5.82 Å². The molecule has 1 aromatic heterocycles. The van der Waals surface area contributed by atoms with Gasteiger partial charge in [0.05, 0.1) is 18.6 Å². The van der Waals surface area contributed by atoms with Gasteiger partial charge in [-0.15, -0.1) is 0 Å². The number of pyridine rings is 1. The highest BCUT2D eigenvalue weighted by Crippen LogP contribution is 2.45. The Labute approximate surface area is 189 Å². The number of morpholine rings is 1. The van der Waals surface area contributed by atoms with Crippen molar-refractivity contribution >= 4 is 17.6 Å². The van der Waals surface area contributed by atoms with E-state index in [0.717, 1.165) is 25.2 Å². The highest BCUT2D eigenvalue weighted by Gasteiger charge is 2.55. The van der Waals surface area contributed by atoms with Crippen LogP contribution < -0.4 is 4.90 Å². The molecule has 0 unspecified atom stereocenters. The fourth-order valence-corrected chi connectivity index (χ4v) is 5.53. The van der Waals surface area contributed by atoms with E-state index in [0.29, 0.717) is 51.5 Å². The van der Waals surface area contributed by atoms with Crippen LogP contribution in [0, 0.1) is 11.3 Å². The summed E-state index contributed by atoms with van der Waals surface area (Å²) >= 11 is 0. The maximum Gasteiger partial charge on any atom is 0.253 e. The van der Waals surface area contributed by atoms with Gasteiger partial charge in [-0.3, -0.25) is 9.59 Å². The predicted molar refractivity (Wildman–Crippen MR) is 121 cm³/mol. The molecule has 0 N–H and O–H groups in total. The quantitative estimate of drug-likeness (QED) is 0.742. The summed E-state index contributed by atoms with van der Waals surface area (Å²) in [7, 11) is 0. The van der Waals surface area contributed by atoms with E-state index in [9.17, 15) is 9.59 Å². The fourth-order valence-electron chi connectivity index (χ4n) is 5.53. The number of fused-ring (bicyclic) bond motifs is 1. The molecule has 0 spiro atoms. The molecule has 1 aromatic carbocycles. The zero-order valence-corrected chi connectivity index (χ0v) is 18.4. The number of ether oxygens (including phenoxy) is 1. The molecular weight excluding hydrogens is 404 g/mol. The van der Waals surface area contributed by atoms with Gasteiger partial charge in [0.25, 0.3) is 5.91 Å². The number of benzene rings is 1. The molecule has 4 heterocycles. The van der Waals surface area contributed by atoms with Crippen molar-refractivity contribution in [2.24, 2.45) is 11.3 Å². The molecule has 3 aliphatic heterocycles. The molecule has 0 bridgehead atoms. The van der Waals surface area contributed by atoms with Crippen molar-refractivity contribution < 1.29 is 14.3 Å². The number of rotatable bonds is 3. The number of carbonyl (C=O) groups is 2. The summed E-state index contributed by atoms with van der Waals surface area (Å²) in [4.78, 5) is 37.9. The summed E-state index contributed by atoms with van der Waals surface area (Å²) < 4.78 is 5.49. The highest BCUT2D eigenvalue weighted by molar-refractivity contribution is 5.94. The molecule has 5 rings (SSSR count). The van der Waals surface area contributed by atoms with Gasteiger partial charge in [0.15, 0.2) is 0 Å². The summed E-state index contributed by atoms with van der Waals surface area (Å²) in [6.07, 6.45) is 3.40. The number of anilines is 1. The van der Waals surface area contributed by atoms with Gasteiger partial charge in [0, 0.05) is 56.9 Å². The van der Waals surface area contributed by atoms with E-state index in [1.807, 2.05) is 58.3 Å². The molecule has 168 valence electrons. The van der Waals surface area contributed by atoms with Crippen molar-refractivity contribution in [2.75, 3.05) is 57.4 Å². The molecule has 32 heavy (non-hydrogen) atoms. The van der Waals surface area contributed by atoms with Crippen molar-refractivity contribution in [1.82, 2.24) is 14.8 Å². The Balaban J connectivity index is 1.45. The van der Waals surface area contributed by atoms with Crippen molar-refractivity contribution in [3.8, 4) is 0 Å². The molecule has 3 fully saturated rings. The van der Waals surface area contributed by atoms with Crippen LogP contribution in [-0.2, 0) is 9.53 Å². The molecule has 2 atom stereocenters. The smallest absolute Gasteiger partial charge is 0.253 e. The molecule has 7 heteroatoms. The topological polar surface area (TPSA) is 66.0 Å². The first-order valence-corrected chi connectivity index (χ1v) is 11.5. The summed E-state index contributed by atoms with van der Waals surface area (Å²) in [5.41, 5.74) is 0.208. The van der Waals surface area contributed by atoms with Crippen LogP contribution in [0.4, 0.5) is 5.82 Å². The maximum atomic E-state index is 14.0. The van der Waals surface area contributed by atoms with Gasteiger partial charge in [-0.25, -0.2) is 4.98 Å². The second-order valence-electron chi connectivity index (χ2n) is 9.05. The van der Waals surface area contributed by atoms with Crippen molar-refractivity contribution in [3.63, 3.8) is 0 Å². The normalized spacial score (nSPS) is 25.9. The maximum absolute atomic E-state index is 14.0. The molecule has 0 aliphatic carbocycles. The lowest BCUT2D eigenvalue weighted by Gasteiger charge is -2.38. The average molecular weight is 435 g/mol. The van der Waals surface area contributed by atoms with Gasteiger partial charge in [0.2, 0.25) is 5.91 Å². The van der Waals surface area contributed by atoms with Gasteiger partial charge in [-0.05, 0) is 37.1 Å². The summed E-state index contributed by atoms with van der Waals surface area (Å²) in [5.74, 6) is 1.24. The molecule has 0 saturated carbocycles. The number of hydrogen-bond acceptors (Lipinski definition) is 5. The van der Waals surface area contributed by atoms with Crippen LogP contribution in [-0.4, -0.2) is 79.1 Å². The lowest BCUT2D eigenvalue weighted by Crippen LogP contribution is -2.53. The molecule has 2 aromatic rings. The first kappa shape index (κ1) is 20.9. The largest absolute Gasteiger partial charge is 0.378 e. The number of hydrogen-bond donors (Lipinski definition) is 0. The van der Waals surface area contributed by atoms with E-state index in [4.69, 9.17) is 4.74 Å². The molecular formula is C25H30N4O3. The number of aromatic nitrogens is 1. The number of amides is 2. The van der Waals surface area contributed by atoms with Crippen molar-refractivity contribution in [1.29, 1.82) is 0 Å². The number of carbonyl (C=O) groups excluding carboxylic acids is 2. The van der Waals surface area contributed by atoms with Gasteiger partial charge in [-0.1, -0.05) is 24.3 Å². The van der Waals surface area contributed by atoms with Crippen LogP contribution in [0.1, 0.15) is 23.2 Å². The Morgan fingerprint density at radius 1 is 0.938 bits per heavy atom. The van der Waals surface area contributed by atoms with Crippen LogP contribution in [0.15, 0.2) is 54.7 Å². The molecule has 0 radical (unpaired) electrons. The van der Waals surface area contributed by atoms with Crippen LogP contribution in [0.25, 0.3) is 0 Å². The van der Waals surface area contributed by atoms with Crippen LogP contribution in [0.3, 0.4) is 0 Å². The summed E-state index contributed by atoms with van der Waals surface area (Å²) in [6.45, 7) is 5.13. The minimum Gasteiger partial charge on any atom is -0.378 e. The SMILES string of the molecule is O=C(c1ccccc1)N1CCC[C@]2(C(=O)N3CCOCC3)CN(c3ccccn3)C[C@@H]2C1. The Bertz CT molecular complexity index is 948. The lowest BCUT2D eigenvalue weighted by atomic mass is 9.73. The molecule has 3 saturated heterocycles. The number of nitrogens with zero attached hydrogens (tertiary/aromatic N) is 4. The number of likely N-dealkylation sites (tertiary alicyclic amines) is 1. The van der Waals surface area contributed by atoms with Crippen LogP contribution >= 0.6 is 0 Å². The van der Waals surface area contributed by atoms with Gasteiger partial charge in [-0.2, -0.15) is 0 Å². The second kappa shape index (κ2) is 8.90. The van der Waals surface area contributed by atoms with Crippen LogP contribution in [0.5, 0.6) is 0 Å². The molecule has 2 amide bonds. The van der Waals surface area contributed by atoms with E-state index in [1.54, 1.807) is 6.20 Å². The highest BCUT2D eigenvalue weighted by atomic mass is 16.5. The Morgan fingerprint density at radius 3 is 2.47 bits per heavy atom. The Morgan fingerprint density at radius 2 is 1.72 bits per heavy atom. The van der Waals surface area contributed by atoms with Gasteiger partial charge < -0.3 is 19.4 Å². The predicted octanol–water partition coefficient (Wildman–Crippen LogP) is 2.30. The third kappa shape index (κ3) is 3.86. The van der Waals surface area contributed by atoms with Crippen molar-refractivity contribution in [2.45, 2.75) is 12.8 Å². The summed E-state index contributed by atoms with van der Waals surface area (Å²) in [5, 5.41) is 0. The average Bonchev–Trinajstić information content (AvgIpc) is 3.13. The zero-order chi connectivity index (χ0) is 22.0. The first-order chi connectivity index (χ1) is 15.7. The van der Waals surface area contributed by atoms with E-state index < -0.39 is 5.41 Å². The third-order valence-electron chi connectivity index (χ3n) is 7.19. The standard InChI is InChI=1S/C25H30N4O3/c30-23(20-7-2-1-3-8-20)28-12-6-10-25(24(31)27-13-15-32-16-14-27)19-29(18-21(25)17-28)22-9-4-5-11-26-22/h1-5,7-9,11,21H,6,10,12-19H2/t21-,25-/m0/s1. The second-order valence-corrected chi connectivity index (χ2v) is 9.05.